The zero-order chi connectivity index (χ0) is 17.3. The van der Waals surface area contributed by atoms with Crippen molar-refractivity contribution >= 4 is 23.6 Å². The van der Waals surface area contributed by atoms with Crippen molar-refractivity contribution in [3.05, 3.63) is 34.9 Å². The summed E-state index contributed by atoms with van der Waals surface area (Å²) < 4.78 is 5.45. The van der Waals surface area contributed by atoms with E-state index in [-0.39, 0.29) is 24.1 Å². The molecule has 0 N–H and O–H groups in total. The number of likely N-dealkylation sites (N-methyl/N-ethyl adjacent to an activating group) is 1. The molecule has 0 spiro atoms. The number of carbonyl (C=O) groups is 2. The molecule has 0 radical (unpaired) electrons. The quantitative estimate of drug-likeness (QED) is 0.806. The van der Waals surface area contributed by atoms with Crippen molar-refractivity contribution in [2.45, 2.75) is 18.6 Å². The van der Waals surface area contributed by atoms with Crippen LogP contribution in [-0.4, -0.2) is 79.1 Å². The molecule has 1 aromatic rings. The van der Waals surface area contributed by atoms with Gasteiger partial charge in [-0.3, -0.25) is 9.69 Å². The minimum Gasteiger partial charge on any atom is -0.442 e. The molecule has 2 atom stereocenters. The Labute approximate surface area is 146 Å². The highest BCUT2D eigenvalue weighted by molar-refractivity contribution is 6.30. The molecular weight excluding hydrogens is 330 g/mol. The summed E-state index contributed by atoms with van der Waals surface area (Å²) in [4.78, 5) is 29.7. The molecule has 2 heterocycles. The second-order valence-electron chi connectivity index (χ2n) is 6.60. The fourth-order valence-electron chi connectivity index (χ4n) is 3.28. The van der Waals surface area contributed by atoms with E-state index in [1.54, 1.807) is 9.80 Å². The van der Waals surface area contributed by atoms with E-state index in [4.69, 9.17) is 16.3 Å². The number of likely N-dealkylation sites (tertiary alicyclic amines) is 1. The van der Waals surface area contributed by atoms with Crippen LogP contribution in [0.4, 0.5) is 4.79 Å². The van der Waals surface area contributed by atoms with Crippen LogP contribution in [0.5, 0.6) is 0 Å². The molecule has 0 saturated carbocycles. The topological polar surface area (TPSA) is 53.1 Å². The van der Waals surface area contributed by atoms with E-state index in [1.165, 1.54) is 0 Å². The van der Waals surface area contributed by atoms with Crippen molar-refractivity contribution in [3.63, 3.8) is 0 Å². The number of amides is 2. The fraction of sp³-hybridized carbons (Fsp3) is 0.529. The summed E-state index contributed by atoms with van der Waals surface area (Å²) >= 11 is 6.00. The van der Waals surface area contributed by atoms with Gasteiger partial charge in [0.15, 0.2) is 0 Å². The smallest absolute Gasteiger partial charge is 0.410 e. The predicted molar refractivity (Wildman–Crippen MR) is 91.1 cm³/mol. The van der Waals surface area contributed by atoms with Crippen LogP contribution in [-0.2, 0) is 16.0 Å². The van der Waals surface area contributed by atoms with Crippen molar-refractivity contribution in [1.82, 2.24) is 14.7 Å². The number of fused-ring (bicyclic) bond motifs is 1. The van der Waals surface area contributed by atoms with Gasteiger partial charge in [-0.15, -0.1) is 0 Å². The summed E-state index contributed by atoms with van der Waals surface area (Å²) in [5.74, 6) is 0.0697. The highest BCUT2D eigenvalue weighted by atomic mass is 35.5. The average Bonchev–Trinajstić information content (AvgIpc) is 3.02. The lowest BCUT2D eigenvalue weighted by Gasteiger charge is -2.23. The summed E-state index contributed by atoms with van der Waals surface area (Å²) in [7, 11) is 3.73. The van der Waals surface area contributed by atoms with Gasteiger partial charge in [-0.05, 0) is 38.2 Å². The standard InChI is InChI=1S/C17H22ClN3O3/c1-19(2)11-16(22)20-9-14-15(10-20)24-17(23)21(14)7-6-12-4-3-5-13(18)8-12/h3-5,8,14-15H,6-7,9-11H2,1-2H3/t14-,15+/m0/s1. The molecule has 1 aromatic carbocycles. The molecule has 2 amide bonds. The van der Waals surface area contributed by atoms with E-state index in [0.29, 0.717) is 37.6 Å². The van der Waals surface area contributed by atoms with Gasteiger partial charge in [0.2, 0.25) is 5.91 Å². The normalized spacial score (nSPS) is 22.9. The molecular formula is C17H22ClN3O3. The van der Waals surface area contributed by atoms with E-state index < -0.39 is 0 Å². The molecule has 0 unspecified atom stereocenters. The molecule has 0 aliphatic carbocycles. The van der Waals surface area contributed by atoms with E-state index in [9.17, 15) is 9.59 Å². The summed E-state index contributed by atoms with van der Waals surface area (Å²) in [6.07, 6.45) is 0.208. The average molecular weight is 352 g/mol. The van der Waals surface area contributed by atoms with Gasteiger partial charge in [0, 0.05) is 18.1 Å². The Morgan fingerprint density at radius 1 is 1.38 bits per heavy atom. The number of nitrogens with zero attached hydrogens (tertiary/aromatic N) is 3. The van der Waals surface area contributed by atoms with Gasteiger partial charge in [-0.1, -0.05) is 23.7 Å². The second-order valence-corrected chi connectivity index (χ2v) is 7.04. The van der Waals surface area contributed by atoms with Crippen molar-refractivity contribution < 1.29 is 14.3 Å². The second kappa shape index (κ2) is 6.99. The molecule has 2 saturated heterocycles. The number of hydrogen-bond acceptors (Lipinski definition) is 4. The fourth-order valence-corrected chi connectivity index (χ4v) is 3.49. The Balaban J connectivity index is 1.60. The van der Waals surface area contributed by atoms with Gasteiger partial charge in [-0.2, -0.15) is 0 Å². The predicted octanol–water partition coefficient (Wildman–Crippen LogP) is 1.48. The number of ether oxygens (including phenoxy) is 1. The Morgan fingerprint density at radius 2 is 2.17 bits per heavy atom. The molecule has 2 aliphatic heterocycles. The first-order valence-corrected chi connectivity index (χ1v) is 8.46. The number of halogens is 1. The Hall–Kier alpha value is -1.79. The van der Waals surface area contributed by atoms with Crippen LogP contribution in [0.3, 0.4) is 0 Å². The molecule has 2 fully saturated rings. The maximum atomic E-state index is 12.2. The summed E-state index contributed by atoms with van der Waals surface area (Å²) in [5, 5.41) is 0.690. The third kappa shape index (κ3) is 3.65. The van der Waals surface area contributed by atoms with Gasteiger partial charge < -0.3 is 14.5 Å². The third-order valence-corrected chi connectivity index (χ3v) is 4.69. The molecule has 3 rings (SSSR count). The largest absolute Gasteiger partial charge is 0.442 e. The van der Waals surface area contributed by atoms with Crippen LogP contribution in [0.25, 0.3) is 0 Å². The Morgan fingerprint density at radius 3 is 2.88 bits per heavy atom. The molecule has 2 aliphatic rings. The lowest BCUT2D eigenvalue weighted by atomic mass is 10.1. The van der Waals surface area contributed by atoms with Crippen LogP contribution in [0.1, 0.15) is 5.56 Å². The first-order valence-electron chi connectivity index (χ1n) is 8.08. The van der Waals surface area contributed by atoms with Crippen molar-refractivity contribution in [2.75, 3.05) is 40.3 Å². The van der Waals surface area contributed by atoms with Gasteiger partial charge in [0.25, 0.3) is 0 Å². The zero-order valence-electron chi connectivity index (χ0n) is 13.9. The van der Waals surface area contributed by atoms with Gasteiger partial charge in [0.05, 0.1) is 19.1 Å². The SMILES string of the molecule is CN(C)CC(=O)N1C[C@H]2OC(=O)N(CCc3cccc(Cl)c3)[C@H]2C1. The van der Waals surface area contributed by atoms with Crippen molar-refractivity contribution in [3.8, 4) is 0 Å². The van der Waals surface area contributed by atoms with Crippen LogP contribution in [0.15, 0.2) is 24.3 Å². The maximum Gasteiger partial charge on any atom is 0.410 e. The third-order valence-electron chi connectivity index (χ3n) is 4.46. The Kier molecular flexibility index (Phi) is 4.96. The molecule has 7 heteroatoms. The molecule has 130 valence electrons. The van der Waals surface area contributed by atoms with Crippen LogP contribution in [0.2, 0.25) is 5.02 Å². The van der Waals surface area contributed by atoms with Crippen LogP contribution < -0.4 is 0 Å². The molecule has 0 aromatic heterocycles. The van der Waals surface area contributed by atoms with Gasteiger partial charge in [-0.25, -0.2) is 4.79 Å². The van der Waals surface area contributed by atoms with E-state index in [0.717, 1.165) is 5.56 Å². The van der Waals surface area contributed by atoms with E-state index in [1.807, 2.05) is 43.3 Å². The number of benzene rings is 1. The number of hydrogen-bond donors (Lipinski definition) is 0. The van der Waals surface area contributed by atoms with Crippen molar-refractivity contribution in [1.29, 1.82) is 0 Å². The highest BCUT2D eigenvalue weighted by Gasteiger charge is 2.48. The summed E-state index contributed by atoms with van der Waals surface area (Å²) in [5.41, 5.74) is 1.08. The minimum atomic E-state index is -0.285. The zero-order valence-corrected chi connectivity index (χ0v) is 14.7. The first-order chi connectivity index (χ1) is 11.4. The van der Waals surface area contributed by atoms with Crippen molar-refractivity contribution in [2.24, 2.45) is 0 Å². The molecule has 24 heavy (non-hydrogen) atoms. The highest BCUT2D eigenvalue weighted by Crippen LogP contribution is 2.27. The molecule has 0 bridgehead atoms. The number of rotatable bonds is 5. The lowest BCUT2D eigenvalue weighted by molar-refractivity contribution is -0.131. The van der Waals surface area contributed by atoms with E-state index in [2.05, 4.69) is 0 Å². The first kappa shape index (κ1) is 17.0. The number of carbonyl (C=O) groups excluding carboxylic acids is 2. The van der Waals surface area contributed by atoms with Gasteiger partial charge >= 0.3 is 6.09 Å². The molecule has 6 nitrogen and oxygen atoms in total. The van der Waals surface area contributed by atoms with Crippen LogP contribution in [0, 0.1) is 0 Å². The Bertz CT molecular complexity index is 637. The van der Waals surface area contributed by atoms with E-state index >= 15 is 0 Å². The summed E-state index contributed by atoms with van der Waals surface area (Å²) in [6, 6.07) is 7.58. The minimum absolute atomic E-state index is 0.0530. The lowest BCUT2D eigenvalue weighted by Crippen LogP contribution is -2.42. The van der Waals surface area contributed by atoms with Crippen LogP contribution >= 0.6 is 11.6 Å². The maximum absolute atomic E-state index is 12.2. The summed E-state index contributed by atoms with van der Waals surface area (Å²) in [6.45, 7) is 1.96. The van der Waals surface area contributed by atoms with Gasteiger partial charge in [0.1, 0.15) is 6.10 Å². The monoisotopic (exact) mass is 351 g/mol.